The van der Waals surface area contributed by atoms with Crippen molar-refractivity contribution in [3.05, 3.63) is 12.2 Å². The van der Waals surface area contributed by atoms with E-state index in [9.17, 15) is 4.79 Å². The zero-order valence-electron chi connectivity index (χ0n) is 9.66. The molecule has 1 heterocycles. The van der Waals surface area contributed by atoms with Crippen molar-refractivity contribution in [3.8, 4) is 0 Å². The summed E-state index contributed by atoms with van der Waals surface area (Å²) in [5, 5.41) is 0. The van der Waals surface area contributed by atoms with Gasteiger partial charge in [0.25, 0.3) is 0 Å². The molecular weight excluding hydrogens is 188 g/mol. The largest absolute Gasteiger partial charge is 0.458 e. The number of esters is 1. The van der Waals surface area contributed by atoms with Crippen LogP contribution in [0.4, 0.5) is 0 Å². The fraction of sp³-hybridized carbons (Fsp3) is 0.769. The number of hydrogen-bond acceptors (Lipinski definition) is 2. The van der Waals surface area contributed by atoms with Gasteiger partial charge in [0.15, 0.2) is 0 Å². The summed E-state index contributed by atoms with van der Waals surface area (Å²) >= 11 is 0. The van der Waals surface area contributed by atoms with Crippen LogP contribution < -0.4 is 0 Å². The molecule has 0 spiro atoms. The molecule has 3 unspecified atom stereocenters. The van der Waals surface area contributed by atoms with Gasteiger partial charge in [0.05, 0.1) is 0 Å². The van der Waals surface area contributed by atoms with Crippen LogP contribution >= 0.6 is 0 Å². The van der Waals surface area contributed by atoms with Crippen molar-refractivity contribution in [3.63, 3.8) is 0 Å². The minimum absolute atomic E-state index is 0.125. The van der Waals surface area contributed by atoms with Gasteiger partial charge in [-0.2, -0.15) is 0 Å². The first-order valence-electron chi connectivity index (χ1n) is 6.01. The van der Waals surface area contributed by atoms with Crippen molar-refractivity contribution in [1.82, 2.24) is 0 Å². The summed E-state index contributed by atoms with van der Waals surface area (Å²) in [4.78, 5) is 11.5. The smallest absolute Gasteiger partial charge is 0.334 e. The van der Waals surface area contributed by atoms with Crippen LogP contribution in [0, 0.1) is 17.8 Å². The molecule has 2 nitrogen and oxygen atoms in total. The number of ether oxygens (including phenoxy) is 1. The molecule has 1 aliphatic carbocycles. The van der Waals surface area contributed by atoms with Crippen molar-refractivity contribution in [2.45, 2.75) is 45.6 Å². The predicted octanol–water partition coefficient (Wildman–Crippen LogP) is 2.93. The van der Waals surface area contributed by atoms with Gasteiger partial charge in [-0.25, -0.2) is 4.79 Å². The highest BCUT2D eigenvalue weighted by atomic mass is 16.6. The van der Waals surface area contributed by atoms with Gasteiger partial charge in [-0.1, -0.05) is 26.8 Å². The first-order valence-corrected chi connectivity index (χ1v) is 6.01. The van der Waals surface area contributed by atoms with E-state index in [1.165, 1.54) is 19.3 Å². The van der Waals surface area contributed by atoms with Gasteiger partial charge in [0, 0.05) is 11.5 Å². The van der Waals surface area contributed by atoms with Crippen LogP contribution in [-0.4, -0.2) is 12.1 Å². The summed E-state index contributed by atoms with van der Waals surface area (Å²) in [7, 11) is 0. The van der Waals surface area contributed by atoms with Gasteiger partial charge in [-0.3, -0.25) is 0 Å². The van der Waals surface area contributed by atoms with Gasteiger partial charge >= 0.3 is 5.97 Å². The Hall–Kier alpha value is -0.790. The highest BCUT2D eigenvalue weighted by Crippen LogP contribution is 2.43. The van der Waals surface area contributed by atoms with E-state index >= 15 is 0 Å². The Morgan fingerprint density at radius 3 is 2.67 bits per heavy atom. The van der Waals surface area contributed by atoms with Crippen LogP contribution in [0.25, 0.3) is 0 Å². The van der Waals surface area contributed by atoms with E-state index in [0.29, 0.717) is 17.8 Å². The molecule has 1 aliphatic heterocycles. The van der Waals surface area contributed by atoms with Crippen LogP contribution in [-0.2, 0) is 9.53 Å². The third-order valence-electron chi connectivity index (χ3n) is 3.92. The van der Waals surface area contributed by atoms with Gasteiger partial charge in [-0.05, 0) is 31.1 Å². The van der Waals surface area contributed by atoms with Crippen LogP contribution in [0.15, 0.2) is 12.2 Å². The Morgan fingerprint density at radius 2 is 2.00 bits per heavy atom. The quantitative estimate of drug-likeness (QED) is 0.489. The van der Waals surface area contributed by atoms with Crippen molar-refractivity contribution in [2.75, 3.05) is 0 Å². The second-order valence-electron chi connectivity index (χ2n) is 5.19. The topological polar surface area (TPSA) is 26.3 Å². The third-order valence-corrected chi connectivity index (χ3v) is 3.92. The molecule has 84 valence electrons. The number of fused-ring (bicyclic) bond motifs is 1. The van der Waals surface area contributed by atoms with Crippen molar-refractivity contribution < 1.29 is 9.53 Å². The molecule has 2 rings (SSSR count). The van der Waals surface area contributed by atoms with E-state index in [4.69, 9.17) is 4.74 Å². The zero-order valence-corrected chi connectivity index (χ0v) is 9.66. The maximum atomic E-state index is 11.5. The standard InChI is InChI=1S/C13H20O2/c1-8(2)10-6-4-5-7-11-12(10)9(3)13(14)15-11/h8,10-12H,3-7H2,1-2H3. The molecule has 0 N–H and O–H groups in total. The molecule has 2 aliphatic rings. The molecule has 0 amide bonds. The van der Waals surface area contributed by atoms with Crippen LogP contribution in [0.5, 0.6) is 0 Å². The van der Waals surface area contributed by atoms with Crippen molar-refractivity contribution in [2.24, 2.45) is 17.8 Å². The van der Waals surface area contributed by atoms with Crippen LogP contribution in [0.3, 0.4) is 0 Å². The Balaban J connectivity index is 2.24. The summed E-state index contributed by atoms with van der Waals surface area (Å²) < 4.78 is 5.40. The Morgan fingerprint density at radius 1 is 1.33 bits per heavy atom. The van der Waals surface area contributed by atoms with E-state index in [1.54, 1.807) is 0 Å². The lowest BCUT2D eigenvalue weighted by Gasteiger charge is -2.27. The molecular formula is C13H20O2. The molecule has 15 heavy (non-hydrogen) atoms. The first kappa shape index (κ1) is 10.7. The summed E-state index contributed by atoms with van der Waals surface area (Å²) in [6.45, 7) is 8.40. The molecule has 0 bridgehead atoms. The molecule has 0 aromatic carbocycles. The maximum absolute atomic E-state index is 11.5. The van der Waals surface area contributed by atoms with Gasteiger partial charge in [0.2, 0.25) is 0 Å². The Kier molecular flexibility index (Phi) is 2.85. The number of carbonyl (C=O) groups is 1. The number of carbonyl (C=O) groups excluding carboxylic acids is 1. The third kappa shape index (κ3) is 1.82. The molecule has 2 heteroatoms. The van der Waals surface area contributed by atoms with Crippen LogP contribution in [0.2, 0.25) is 0 Å². The highest BCUT2D eigenvalue weighted by Gasteiger charge is 2.44. The van der Waals surface area contributed by atoms with Crippen molar-refractivity contribution >= 4 is 5.97 Å². The summed E-state index contributed by atoms with van der Waals surface area (Å²) in [6.07, 6.45) is 4.82. The highest BCUT2D eigenvalue weighted by molar-refractivity contribution is 5.90. The monoisotopic (exact) mass is 208 g/mol. The maximum Gasteiger partial charge on any atom is 0.334 e. The van der Waals surface area contributed by atoms with Gasteiger partial charge in [0.1, 0.15) is 6.10 Å². The number of rotatable bonds is 1. The molecule has 0 aromatic heterocycles. The van der Waals surface area contributed by atoms with Gasteiger partial charge in [-0.15, -0.1) is 0 Å². The average Bonchev–Trinajstić information content (AvgIpc) is 2.40. The van der Waals surface area contributed by atoms with Crippen molar-refractivity contribution in [1.29, 1.82) is 0 Å². The lowest BCUT2D eigenvalue weighted by atomic mass is 9.76. The zero-order chi connectivity index (χ0) is 11.0. The molecule has 1 saturated heterocycles. The average molecular weight is 208 g/mol. The van der Waals surface area contributed by atoms with E-state index in [0.717, 1.165) is 12.0 Å². The molecule has 2 fully saturated rings. The Labute approximate surface area is 91.7 Å². The van der Waals surface area contributed by atoms with E-state index < -0.39 is 0 Å². The van der Waals surface area contributed by atoms with E-state index in [-0.39, 0.29) is 12.1 Å². The normalized spacial score (nSPS) is 36.3. The lowest BCUT2D eigenvalue weighted by Crippen LogP contribution is -2.26. The fourth-order valence-electron chi connectivity index (χ4n) is 3.07. The summed E-state index contributed by atoms with van der Waals surface area (Å²) in [6, 6.07) is 0. The SMILES string of the molecule is C=C1C(=O)OC2CCCCC(C(C)C)C12. The van der Waals surface area contributed by atoms with E-state index in [2.05, 4.69) is 20.4 Å². The van der Waals surface area contributed by atoms with Gasteiger partial charge < -0.3 is 4.74 Å². The summed E-state index contributed by atoms with van der Waals surface area (Å²) in [5.41, 5.74) is 0.723. The summed E-state index contributed by atoms with van der Waals surface area (Å²) in [5.74, 6) is 1.33. The first-order chi connectivity index (χ1) is 7.11. The molecule has 3 atom stereocenters. The minimum atomic E-state index is -0.155. The molecule has 0 aromatic rings. The lowest BCUT2D eigenvalue weighted by molar-refractivity contribution is -0.139. The number of hydrogen-bond donors (Lipinski definition) is 0. The fourth-order valence-corrected chi connectivity index (χ4v) is 3.07. The second-order valence-corrected chi connectivity index (χ2v) is 5.19. The van der Waals surface area contributed by atoms with Crippen LogP contribution in [0.1, 0.15) is 39.5 Å². The predicted molar refractivity (Wildman–Crippen MR) is 59.3 cm³/mol. The Bertz CT molecular complexity index is 280. The molecule has 1 saturated carbocycles. The minimum Gasteiger partial charge on any atom is -0.458 e. The second kappa shape index (κ2) is 3.99. The van der Waals surface area contributed by atoms with E-state index in [1.807, 2.05) is 0 Å². The molecule has 0 radical (unpaired) electrons.